The molecule has 0 saturated heterocycles. The largest absolute Gasteiger partial charge is 0.490 e. The fourth-order valence-electron chi connectivity index (χ4n) is 4.99. The molecule has 2 aromatic rings. The van der Waals surface area contributed by atoms with Crippen LogP contribution in [0.25, 0.3) is 0 Å². The number of aliphatic hydroxyl groups is 1. The van der Waals surface area contributed by atoms with E-state index in [9.17, 15) is 19.5 Å². The van der Waals surface area contributed by atoms with Crippen LogP contribution in [0.5, 0.6) is 5.75 Å². The lowest BCUT2D eigenvalue weighted by Gasteiger charge is -2.36. The van der Waals surface area contributed by atoms with Crippen molar-refractivity contribution in [2.75, 3.05) is 44.0 Å². The third-order valence-corrected chi connectivity index (χ3v) is 7.55. The summed E-state index contributed by atoms with van der Waals surface area (Å²) in [7, 11) is 1.73. The highest BCUT2D eigenvalue weighted by atomic mass is 16.5. The summed E-state index contributed by atoms with van der Waals surface area (Å²) in [5, 5.41) is 18.6. The molecule has 0 fully saturated rings. The maximum absolute atomic E-state index is 14.2. The van der Waals surface area contributed by atoms with E-state index in [1.807, 2.05) is 45.9 Å². The summed E-state index contributed by atoms with van der Waals surface area (Å²) in [6.07, 6.45) is 1.92. The Morgan fingerprint density at radius 3 is 2.43 bits per heavy atom. The summed E-state index contributed by atoms with van der Waals surface area (Å²) >= 11 is 0. The van der Waals surface area contributed by atoms with E-state index in [2.05, 4.69) is 16.0 Å². The highest BCUT2D eigenvalue weighted by Gasteiger charge is 2.31. The van der Waals surface area contributed by atoms with Gasteiger partial charge >= 0.3 is 12.1 Å². The van der Waals surface area contributed by atoms with Crippen molar-refractivity contribution in [2.45, 2.75) is 78.2 Å². The van der Waals surface area contributed by atoms with Crippen LogP contribution < -0.4 is 20.7 Å². The number of likely N-dealkylation sites (N-methyl/N-ethyl adjacent to an activating group) is 1. The number of nitrogens with zero attached hydrogens (tertiary/aromatic N) is 2. The normalized spacial score (nSPS) is 20.5. The van der Waals surface area contributed by atoms with Crippen molar-refractivity contribution in [1.29, 1.82) is 0 Å². The molecule has 2 aromatic carbocycles. The molecule has 1 aliphatic rings. The Labute approximate surface area is 261 Å². The number of rotatable bonds is 7. The predicted octanol–water partition coefficient (Wildman–Crippen LogP) is 5.18. The number of carbonyl (C=O) groups excluding carboxylic acids is 3. The van der Waals surface area contributed by atoms with Gasteiger partial charge < -0.3 is 40.3 Å². The van der Waals surface area contributed by atoms with Crippen molar-refractivity contribution >= 4 is 29.3 Å². The van der Waals surface area contributed by atoms with E-state index in [-0.39, 0.29) is 54.8 Å². The van der Waals surface area contributed by atoms with Crippen LogP contribution in [0.2, 0.25) is 0 Å². The molecule has 4 atom stereocenters. The summed E-state index contributed by atoms with van der Waals surface area (Å²) < 4.78 is 12.6. The van der Waals surface area contributed by atoms with E-state index in [1.54, 1.807) is 54.1 Å². The molecule has 0 aromatic heterocycles. The summed E-state index contributed by atoms with van der Waals surface area (Å²) in [6, 6.07) is 12.9. The van der Waals surface area contributed by atoms with E-state index in [1.165, 1.54) is 0 Å². The third kappa shape index (κ3) is 10.4. The number of amides is 5. The van der Waals surface area contributed by atoms with Gasteiger partial charge in [-0.25, -0.2) is 9.59 Å². The number of hydrogen-bond donors (Lipinski definition) is 4. The van der Waals surface area contributed by atoms with Crippen LogP contribution >= 0.6 is 0 Å². The Kier molecular flexibility index (Phi) is 13.3. The lowest BCUT2D eigenvalue weighted by atomic mass is 10.0. The zero-order valence-corrected chi connectivity index (χ0v) is 26.8. The highest BCUT2D eigenvalue weighted by molar-refractivity contribution is 6.02. The molecule has 11 heteroatoms. The molecule has 0 unspecified atom stereocenters. The smallest absolute Gasteiger partial charge is 0.323 e. The van der Waals surface area contributed by atoms with Crippen LogP contribution in [0.4, 0.5) is 21.0 Å². The Hall–Kier alpha value is -3.83. The number of urea groups is 2. The van der Waals surface area contributed by atoms with Crippen LogP contribution in [0, 0.1) is 5.92 Å². The second-order valence-corrected chi connectivity index (χ2v) is 11.9. The van der Waals surface area contributed by atoms with Gasteiger partial charge in [-0.1, -0.05) is 25.1 Å². The van der Waals surface area contributed by atoms with E-state index in [0.29, 0.717) is 30.3 Å². The minimum absolute atomic E-state index is 0.00104. The Balaban J connectivity index is 1.91. The molecule has 11 nitrogen and oxygen atoms in total. The number of nitrogens with one attached hydrogen (secondary N) is 3. The first-order chi connectivity index (χ1) is 21.0. The van der Waals surface area contributed by atoms with Gasteiger partial charge in [0.05, 0.1) is 30.4 Å². The van der Waals surface area contributed by atoms with Crippen LogP contribution in [-0.4, -0.2) is 90.5 Å². The molecule has 0 bridgehead atoms. The van der Waals surface area contributed by atoms with Crippen molar-refractivity contribution in [2.24, 2.45) is 5.92 Å². The molecule has 3 rings (SSSR count). The number of para-hydroxylation sites is 1. The van der Waals surface area contributed by atoms with Gasteiger partial charge in [-0.2, -0.15) is 0 Å². The third-order valence-electron chi connectivity index (χ3n) is 7.55. The molecule has 1 aliphatic heterocycles. The number of hydrogen-bond acceptors (Lipinski definition) is 6. The Morgan fingerprint density at radius 1 is 1.05 bits per heavy atom. The SMILES string of the molecule is CC(C)NC(=O)N(C)C[C@H]1OCCCC[C@H](C)Oc2ccc(NC(=O)Nc3ccccc3)cc2C(=O)N([C@@H](C)CO)C[C@H]1C. The molecule has 0 saturated carbocycles. The summed E-state index contributed by atoms with van der Waals surface area (Å²) in [5.41, 5.74) is 1.34. The van der Waals surface area contributed by atoms with E-state index < -0.39 is 12.1 Å². The molecule has 1 heterocycles. The van der Waals surface area contributed by atoms with Crippen LogP contribution in [0.3, 0.4) is 0 Å². The fourth-order valence-corrected chi connectivity index (χ4v) is 4.99. The first-order valence-corrected chi connectivity index (χ1v) is 15.5. The van der Waals surface area contributed by atoms with Crippen molar-refractivity contribution in [1.82, 2.24) is 15.1 Å². The van der Waals surface area contributed by atoms with Crippen molar-refractivity contribution < 1.29 is 29.0 Å². The molecule has 0 aliphatic carbocycles. The summed E-state index contributed by atoms with van der Waals surface area (Å²) in [4.78, 5) is 42.8. The zero-order valence-electron chi connectivity index (χ0n) is 26.8. The number of benzene rings is 2. The number of anilines is 2. The van der Waals surface area contributed by atoms with Gasteiger partial charge in [0.2, 0.25) is 0 Å². The standard InChI is InChI=1S/C33H49N5O6/c1-22(2)34-33(42)37(6)20-30-23(3)19-38(24(4)21-39)31(40)28-18-27(36-32(41)35-26-13-8-7-9-14-26)15-16-29(28)44-25(5)12-10-11-17-43-30/h7-9,13-16,18,22-25,30,39H,10-12,17,19-21H2,1-6H3,(H,34,42)(H2,35,36,41)/t23-,24+,25+,30-/m1/s1. The highest BCUT2D eigenvalue weighted by Crippen LogP contribution is 2.28. The van der Waals surface area contributed by atoms with Gasteiger partial charge in [0.15, 0.2) is 0 Å². The maximum Gasteiger partial charge on any atom is 0.323 e. The van der Waals surface area contributed by atoms with Gasteiger partial charge in [0.25, 0.3) is 5.91 Å². The van der Waals surface area contributed by atoms with Gasteiger partial charge in [0, 0.05) is 50.1 Å². The maximum atomic E-state index is 14.2. The average molecular weight is 612 g/mol. The molecule has 0 radical (unpaired) electrons. The second kappa shape index (κ2) is 16.9. The monoisotopic (exact) mass is 611 g/mol. The van der Waals surface area contributed by atoms with E-state index >= 15 is 0 Å². The molecular weight excluding hydrogens is 562 g/mol. The van der Waals surface area contributed by atoms with Crippen LogP contribution in [0.15, 0.2) is 48.5 Å². The summed E-state index contributed by atoms with van der Waals surface area (Å²) in [5.74, 6) is -0.102. The molecule has 44 heavy (non-hydrogen) atoms. The molecule has 4 N–H and O–H groups in total. The van der Waals surface area contributed by atoms with Crippen molar-refractivity contribution in [3.8, 4) is 5.75 Å². The van der Waals surface area contributed by atoms with E-state index in [4.69, 9.17) is 9.47 Å². The summed E-state index contributed by atoms with van der Waals surface area (Å²) in [6.45, 7) is 10.4. The first-order valence-electron chi connectivity index (χ1n) is 15.5. The lowest BCUT2D eigenvalue weighted by Crippen LogP contribution is -2.49. The Morgan fingerprint density at radius 2 is 1.75 bits per heavy atom. The Bertz CT molecular complexity index is 1230. The van der Waals surface area contributed by atoms with Gasteiger partial charge in [0.1, 0.15) is 5.75 Å². The van der Waals surface area contributed by atoms with Crippen molar-refractivity contribution in [3.05, 3.63) is 54.1 Å². The molecule has 242 valence electrons. The first kappa shape index (κ1) is 34.7. The number of fused-ring (bicyclic) bond motifs is 1. The predicted molar refractivity (Wildman–Crippen MR) is 172 cm³/mol. The van der Waals surface area contributed by atoms with Crippen LogP contribution in [0.1, 0.15) is 64.2 Å². The van der Waals surface area contributed by atoms with Gasteiger partial charge in [-0.05, 0) is 77.3 Å². The number of ether oxygens (including phenoxy) is 2. The zero-order chi connectivity index (χ0) is 32.2. The second-order valence-electron chi connectivity index (χ2n) is 11.9. The molecule has 5 amide bonds. The minimum atomic E-state index is -0.510. The number of carbonyl (C=O) groups is 3. The fraction of sp³-hybridized carbons (Fsp3) is 0.545. The molecular formula is C33H49N5O6. The van der Waals surface area contributed by atoms with Crippen molar-refractivity contribution in [3.63, 3.8) is 0 Å². The topological polar surface area (TPSA) is 132 Å². The average Bonchev–Trinajstić information content (AvgIpc) is 2.98. The quantitative estimate of drug-likeness (QED) is 0.341. The van der Waals surface area contributed by atoms with Crippen LogP contribution in [-0.2, 0) is 4.74 Å². The molecule has 0 spiro atoms. The van der Waals surface area contributed by atoms with Gasteiger partial charge in [-0.3, -0.25) is 4.79 Å². The number of aliphatic hydroxyl groups excluding tert-OH is 1. The minimum Gasteiger partial charge on any atom is -0.490 e. The van der Waals surface area contributed by atoms with E-state index in [0.717, 1.165) is 19.3 Å². The lowest BCUT2D eigenvalue weighted by molar-refractivity contribution is -0.0122. The van der Waals surface area contributed by atoms with Gasteiger partial charge in [-0.15, -0.1) is 0 Å².